The van der Waals surface area contributed by atoms with Crippen LogP contribution in [0.1, 0.15) is 32.1 Å². The fourth-order valence-corrected chi connectivity index (χ4v) is 3.81. The molecule has 0 aromatic carbocycles. The first kappa shape index (κ1) is 8.49. The number of thioether (sulfide) groups is 1. The van der Waals surface area contributed by atoms with Crippen LogP contribution in [0.15, 0.2) is 11.6 Å². The first-order chi connectivity index (χ1) is 5.72. The lowest BCUT2D eigenvalue weighted by atomic mass is 9.88. The van der Waals surface area contributed by atoms with Crippen LogP contribution in [-0.4, -0.2) is 23.2 Å². The summed E-state index contributed by atoms with van der Waals surface area (Å²) < 4.78 is 0.560. The van der Waals surface area contributed by atoms with Crippen molar-refractivity contribution in [2.24, 2.45) is 0 Å². The predicted molar refractivity (Wildman–Crippen MR) is 55.2 cm³/mol. The molecule has 1 saturated heterocycles. The molecule has 1 nitrogen and oxygen atoms in total. The maximum Gasteiger partial charge on any atom is 0.0638 e. The van der Waals surface area contributed by atoms with Crippen LogP contribution in [0.2, 0.25) is 0 Å². The summed E-state index contributed by atoms with van der Waals surface area (Å²) in [6.45, 7) is 5.31. The second-order valence-corrected chi connectivity index (χ2v) is 5.64. The van der Waals surface area contributed by atoms with E-state index in [1.165, 1.54) is 43.7 Å². The van der Waals surface area contributed by atoms with Crippen LogP contribution >= 0.6 is 11.8 Å². The Balaban J connectivity index is 2.07. The van der Waals surface area contributed by atoms with Gasteiger partial charge in [0.15, 0.2) is 0 Å². The van der Waals surface area contributed by atoms with E-state index in [9.17, 15) is 0 Å². The average molecular weight is 183 g/mol. The second kappa shape index (κ2) is 2.99. The molecule has 1 aliphatic carbocycles. The lowest BCUT2D eigenvalue weighted by molar-refractivity contribution is 0.330. The van der Waals surface area contributed by atoms with Gasteiger partial charge in [-0.1, -0.05) is 25.8 Å². The Morgan fingerprint density at radius 3 is 2.50 bits per heavy atom. The molecule has 1 spiro atoms. The quantitative estimate of drug-likeness (QED) is 0.568. The van der Waals surface area contributed by atoms with E-state index in [2.05, 4.69) is 18.5 Å². The monoisotopic (exact) mass is 183 g/mol. The third-order valence-corrected chi connectivity index (χ3v) is 4.57. The molecular formula is C10H17NS. The minimum absolute atomic E-state index is 0.560. The Morgan fingerprint density at radius 1 is 1.33 bits per heavy atom. The summed E-state index contributed by atoms with van der Waals surface area (Å²) in [6.07, 6.45) is 7.10. The van der Waals surface area contributed by atoms with Crippen LogP contribution in [0.25, 0.3) is 0 Å². The minimum atomic E-state index is 0.560. The zero-order chi connectivity index (χ0) is 8.60. The van der Waals surface area contributed by atoms with Crippen LogP contribution in [0.5, 0.6) is 0 Å². The molecule has 0 bridgehead atoms. The third-order valence-electron chi connectivity index (χ3n) is 3.05. The van der Waals surface area contributed by atoms with Crippen molar-refractivity contribution in [1.82, 2.24) is 4.90 Å². The SMILES string of the molecule is C=C1SC2(CCCCC2)CN1C. The summed E-state index contributed by atoms with van der Waals surface area (Å²) in [5.41, 5.74) is 0. The van der Waals surface area contributed by atoms with Gasteiger partial charge in [0.2, 0.25) is 0 Å². The predicted octanol–water partition coefficient (Wildman–Crippen LogP) is 2.84. The van der Waals surface area contributed by atoms with Gasteiger partial charge in [-0.15, -0.1) is 11.8 Å². The second-order valence-electron chi connectivity index (χ2n) is 4.10. The van der Waals surface area contributed by atoms with E-state index in [1.807, 2.05) is 11.8 Å². The zero-order valence-electron chi connectivity index (χ0n) is 7.81. The summed E-state index contributed by atoms with van der Waals surface area (Å²) in [6, 6.07) is 0. The van der Waals surface area contributed by atoms with Crippen LogP contribution < -0.4 is 0 Å². The molecule has 1 aliphatic heterocycles. The largest absolute Gasteiger partial charge is 0.368 e. The van der Waals surface area contributed by atoms with Gasteiger partial charge in [0.25, 0.3) is 0 Å². The Morgan fingerprint density at radius 2 is 2.00 bits per heavy atom. The van der Waals surface area contributed by atoms with Gasteiger partial charge in [0.05, 0.1) is 5.03 Å². The highest BCUT2D eigenvalue weighted by atomic mass is 32.2. The molecule has 0 aromatic rings. The van der Waals surface area contributed by atoms with Crippen LogP contribution in [-0.2, 0) is 0 Å². The summed E-state index contributed by atoms with van der Waals surface area (Å²) in [5, 5.41) is 1.27. The van der Waals surface area contributed by atoms with Crippen molar-refractivity contribution in [2.45, 2.75) is 36.9 Å². The van der Waals surface area contributed by atoms with Crippen molar-refractivity contribution < 1.29 is 0 Å². The molecule has 0 aromatic heterocycles. The van der Waals surface area contributed by atoms with E-state index in [1.54, 1.807) is 0 Å². The lowest BCUT2D eigenvalue weighted by Crippen LogP contribution is -2.32. The molecule has 0 amide bonds. The number of hydrogen-bond donors (Lipinski definition) is 0. The highest BCUT2D eigenvalue weighted by Gasteiger charge is 2.40. The van der Waals surface area contributed by atoms with Gasteiger partial charge in [-0.2, -0.15) is 0 Å². The average Bonchev–Trinajstić information content (AvgIpc) is 2.29. The van der Waals surface area contributed by atoms with Crippen LogP contribution in [0.4, 0.5) is 0 Å². The Kier molecular flexibility index (Phi) is 2.11. The molecule has 68 valence electrons. The van der Waals surface area contributed by atoms with E-state index >= 15 is 0 Å². The maximum atomic E-state index is 4.07. The summed E-state index contributed by atoms with van der Waals surface area (Å²) in [7, 11) is 2.17. The van der Waals surface area contributed by atoms with E-state index in [4.69, 9.17) is 0 Å². The van der Waals surface area contributed by atoms with Crippen LogP contribution in [0, 0.1) is 0 Å². The number of hydrogen-bond acceptors (Lipinski definition) is 2. The molecule has 2 aliphatic rings. The minimum Gasteiger partial charge on any atom is -0.368 e. The molecule has 0 atom stereocenters. The Bertz CT molecular complexity index is 194. The highest BCUT2D eigenvalue weighted by Crippen LogP contribution is 2.49. The van der Waals surface area contributed by atoms with Gasteiger partial charge in [-0.05, 0) is 12.8 Å². The van der Waals surface area contributed by atoms with Crippen molar-refractivity contribution in [1.29, 1.82) is 0 Å². The molecule has 1 saturated carbocycles. The van der Waals surface area contributed by atoms with Crippen molar-refractivity contribution in [2.75, 3.05) is 13.6 Å². The summed E-state index contributed by atoms with van der Waals surface area (Å²) in [4.78, 5) is 2.32. The standard InChI is InChI=1S/C10H17NS/c1-9-11(2)8-10(12-9)6-4-3-5-7-10/h1,3-8H2,2H3. The Labute approximate surface area is 79.2 Å². The number of rotatable bonds is 0. The molecule has 2 heteroatoms. The number of nitrogens with zero attached hydrogens (tertiary/aromatic N) is 1. The molecule has 0 radical (unpaired) electrons. The van der Waals surface area contributed by atoms with Gasteiger partial charge in [-0.3, -0.25) is 0 Å². The van der Waals surface area contributed by atoms with Crippen molar-refractivity contribution in [3.63, 3.8) is 0 Å². The van der Waals surface area contributed by atoms with Crippen molar-refractivity contribution in [3.8, 4) is 0 Å². The van der Waals surface area contributed by atoms with Crippen LogP contribution in [0.3, 0.4) is 0 Å². The summed E-state index contributed by atoms with van der Waals surface area (Å²) in [5.74, 6) is 0. The molecule has 0 unspecified atom stereocenters. The molecule has 12 heavy (non-hydrogen) atoms. The van der Waals surface area contributed by atoms with Gasteiger partial charge in [-0.25, -0.2) is 0 Å². The third kappa shape index (κ3) is 1.37. The fourth-order valence-electron chi connectivity index (χ4n) is 2.34. The summed E-state index contributed by atoms with van der Waals surface area (Å²) >= 11 is 2.03. The lowest BCUT2D eigenvalue weighted by Gasteiger charge is -2.31. The molecular weight excluding hydrogens is 166 g/mol. The zero-order valence-corrected chi connectivity index (χ0v) is 8.62. The van der Waals surface area contributed by atoms with E-state index in [0.717, 1.165) is 0 Å². The highest BCUT2D eigenvalue weighted by molar-refractivity contribution is 8.04. The van der Waals surface area contributed by atoms with Crippen molar-refractivity contribution in [3.05, 3.63) is 11.6 Å². The van der Waals surface area contributed by atoms with Gasteiger partial charge in [0.1, 0.15) is 0 Å². The van der Waals surface area contributed by atoms with Gasteiger partial charge < -0.3 is 4.90 Å². The van der Waals surface area contributed by atoms with Gasteiger partial charge >= 0.3 is 0 Å². The fraction of sp³-hybridized carbons (Fsp3) is 0.800. The smallest absolute Gasteiger partial charge is 0.0638 e. The first-order valence-electron chi connectivity index (χ1n) is 4.81. The van der Waals surface area contributed by atoms with Gasteiger partial charge in [0, 0.05) is 18.3 Å². The van der Waals surface area contributed by atoms with E-state index < -0.39 is 0 Å². The maximum absolute atomic E-state index is 4.07. The molecule has 2 fully saturated rings. The molecule has 2 rings (SSSR count). The topological polar surface area (TPSA) is 3.24 Å². The van der Waals surface area contributed by atoms with E-state index in [0.29, 0.717) is 4.75 Å². The Hall–Kier alpha value is -0.110. The normalized spacial score (nSPS) is 28.4. The molecule has 1 heterocycles. The van der Waals surface area contributed by atoms with E-state index in [-0.39, 0.29) is 0 Å². The molecule has 0 N–H and O–H groups in total. The first-order valence-corrected chi connectivity index (χ1v) is 5.63. The van der Waals surface area contributed by atoms with Crippen molar-refractivity contribution >= 4 is 11.8 Å².